The second-order valence-corrected chi connectivity index (χ2v) is 6.83. The zero-order valence-electron chi connectivity index (χ0n) is 13.7. The molecule has 0 fully saturated rings. The minimum Gasteiger partial charge on any atom is -0.497 e. The smallest absolute Gasteiger partial charge is 0.188 e. The third-order valence-electron chi connectivity index (χ3n) is 3.19. The number of aromatic nitrogens is 2. The van der Waals surface area contributed by atoms with Crippen LogP contribution in [0.5, 0.6) is 11.5 Å². The lowest BCUT2D eigenvalue weighted by molar-refractivity contribution is 0.305. The Hall–Kier alpha value is -1.83. The number of anilines is 2. The average Bonchev–Trinajstić information content (AvgIpc) is 3.00. The summed E-state index contributed by atoms with van der Waals surface area (Å²) in [7, 11) is 1.65. The molecule has 2 heterocycles. The summed E-state index contributed by atoms with van der Waals surface area (Å²) in [6.07, 6.45) is 1.72. The molecular weight excluding hydrogens is 426 g/mol. The fourth-order valence-corrected chi connectivity index (χ4v) is 3.06. The van der Waals surface area contributed by atoms with Gasteiger partial charge < -0.3 is 14.8 Å². The maximum atomic E-state index is 5.95. The van der Waals surface area contributed by atoms with Gasteiger partial charge in [0, 0.05) is 16.0 Å². The predicted molar refractivity (Wildman–Crippen MR) is 107 cm³/mol. The highest BCUT2D eigenvalue weighted by molar-refractivity contribution is 9.10. The molecule has 5 nitrogen and oxygen atoms in total. The first-order valence-corrected chi connectivity index (χ1v) is 8.92. The Labute approximate surface area is 165 Å². The first kappa shape index (κ1) is 19.5. The molecule has 1 N–H and O–H groups in total. The number of benzene rings is 1. The molecule has 0 saturated heterocycles. The first-order chi connectivity index (χ1) is 11.6. The summed E-state index contributed by atoms with van der Waals surface area (Å²) in [5.74, 6) is 2.09. The fourth-order valence-electron chi connectivity index (χ4n) is 2.06. The monoisotopic (exact) mass is 441 g/mol. The van der Waals surface area contributed by atoms with Gasteiger partial charge in [0.15, 0.2) is 16.7 Å². The molecule has 132 valence electrons. The van der Waals surface area contributed by atoms with Gasteiger partial charge >= 0.3 is 0 Å². The van der Waals surface area contributed by atoms with Crippen LogP contribution in [0.4, 0.5) is 10.9 Å². The summed E-state index contributed by atoms with van der Waals surface area (Å²) in [5.41, 5.74) is 1.99. The SMILES string of the molecule is COc1cccc(COc2cc(Br)cnc2Nc2nc(C)cs2)c1.Cl. The van der Waals surface area contributed by atoms with Gasteiger partial charge in [-0.25, -0.2) is 9.97 Å². The molecule has 0 saturated carbocycles. The Morgan fingerprint density at radius 3 is 2.84 bits per heavy atom. The molecule has 0 aliphatic heterocycles. The van der Waals surface area contributed by atoms with Gasteiger partial charge in [-0.3, -0.25) is 0 Å². The number of hydrogen-bond acceptors (Lipinski definition) is 6. The molecule has 0 aliphatic rings. The van der Waals surface area contributed by atoms with Gasteiger partial charge in [-0.2, -0.15) is 0 Å². The molecule has 1 aromatic carbocycles. The number of rotatable bonds is 6. The van der Waals surface area contributed by atoms with Crippen LogP contribution in [0.15, 0.2) is 46.4 Å². The summed E-state index contributed by atoms with van der Waals surface area (Å²) in [5, 5.41) is 5.97. The number of hydrogen-bond donors (Lipinski definition) is 1. The van der Waals surface area contributed by atoms with E-state index in [1.807, 2.05) is 42.6 Å². The van der Waals surface area contributed by atoms with Crippen molar-refractivity contribution in [3.8, 4) is 11.5 Å². The van der Waals surface area contributed by atoms with Crippen LogP contribution in [0.1, 0.15) is 11.3 Å². The van der Waals surface area contributed by atoms with E-state index in [1.165, 1.54) is 11.3 Å². The molecule has 0 aliphatic carbocycles. The summed E-state index contributed by atoms with van der Waals surface area (Å²) < 4.78 is 12.0. The van der Waals surface area contributed by atoms with E-state index in [9.17, 15) is 0 Å². The third-order valence-corrected chi connectivity index (χ3v) is 4.50. The lowest BCUT2D eigenvalue weighted by Crippen LogP contribution is -2.01. The van der Waals surface area contributed by atoms with Crippen molar-refractivity contribution >= 4 is 50.6 Å². The summed E-state index contributed by atoms with van der Waals surface area (Å²) >= 11 is 4.96. The quantitative estimate of drug-likeness (QED) is 0.557. The highest BCUT2D eigenvalue weighted by atomic mass is 79.9. The normalized spacial score (nSPS) is 10.0. The molecule has 0 atom stereocenters. The lowest BCUT2D eigenvalue weighted by Gasteiger charge is -2.12. The number of nitrogens with one attached hydrogen (secondary N) is 1. The van der Waals surface area contributed by atoms with Crippen LogP contribution in [0.3, 0.4) is 0 Å². The molecule has 0 unspecified atom stereocenters. The molecule has 0 spiro atoms. The van der Waals surface area contributed by atoms with Crippen LogP contribution in [0.25, 0.3) is 0 Å². The zero-order chi connectivity index (χ0) is 16.9. The van der Waals surface area contributed by atoms with Crippen molar-refractivity contribution in [3.63, 3.8) is 0 Å². The van der Waals surface area contributed by atoms with E-state index in [0.29, 0.717) is 18.2 Å². The fraction of sp³-hybridized carbons (Fsp3) is 0.176. The average molecular weight is 443 g/mol. The number of ether oxygens (including phenoxy) is 2. The molecule has 2 aromatic heterocycles. The Morgan fingerprint density at radius 1 is 1.28 bits per heavy atom. The van der Waals surface area contributed by atoms with E-state index in [-0.39, 0.29) is 12.4 Å². The van der Waals surface area contributed by atoms with Crippen LogP contribution in [0, 0.1) is 6.92 Å². The summed E-state index contributed by atoms with van der Waals surface area (Å²) in [6, 6.07) is 9.67. The van der Waals surface area contributed by atoms with E-state index < -0.39 is 0 Å². The van der Waals surface area contributed by atoms with Crippen molar-refractivity contribution in [3.05, 3.63) is 57.6 Å². The first-order valence-electron chi connectivity index (χ1n) is 7.24. The number of thiazole rings is 1. The molecule has 0 bridgehead atoms. The van der Waals surface area contributed by atoms with Crippen molar-refractivity contribution in [2.45, 2.75) is 13.5 Å². The zero-order valence-corrected chi connectivity index (χ0v) is 16.9. The van der Waals surface area contributed by atoms with Gasteiger partial charge in [0.05, 0.1) is 12.8 Å². The number of pyridine rings is 1. The summed E-state index contributed by atoms with van der Waals surface area (Å²) in [6.45, 7) is 2.37. The van der Waals surface area contributed by atoms with Gasteiger partial charge in [-0.15, -0.1) is 23.7 Å². The van der Waals surface area contributed by atoms with E-state index in [4.69, 9.17) is 9.47 Å². The molecule has 0 amide bonds. The molecule has 0 radical (unpaired) electrons. The highest BCUT2D eigenvalue weighted by Crippen LogP contribution is 2.30. The van der Waals surface area contributed by atoms with Gasteiger partial charge in [0.25, 0.3) is 0 Å². The second kappa shape index (κ2) is 9.03. The maximum absolute atomic E-state index is 5.95. The van der Waals surface area contributed by atoms with E-state index >= 15 is 0 Å². The largest absolute Gasteiger partial charge is 0.497 e. The minimum absolute atomic E-state index is 0. The van der Waals surface area contributed by atoms with Crippen molar-refractivity contribution in [1.82, 2.24) is 9.97 Å². The van der Waals surface area contributed by atoms with Gasteiger partial charge in [-0.05, 0) is 46.6 Å². The van der Waals surface area contributed by atoms with Crippen LogP contribution < -0.4 is 14.8 Å². The van der Waals surface area contributed by atoms with Crippen LogP contribution in [-0.2, 0) is 6.61 Å². The summed E-state index contributed by atoms with van der Waals surface area (Å²) in [4.78, 5) is 8.78. The van der Waals surface area contributed by atoms with Gasteiger partial charge in [-0.1, -0.05) is 12.1 Å². The molecule has 25 heavy (non-hydrogen) atoms. The number of methoxy groups -OCH3 is 1. The minimum atomic E-state index is 0. The standard InChI is InChI=1S/C17H16BrN3O2S.ClH/c1-11-10-24-17(20-11)21-16-15(7-13(18)8-19-16)23-9-12-4-3-5-14(6-12)22-2;/h3-8,10H,9H2,1-2H3,(H,19,20,21);1H. The molecule has 3 rings (SSSR count). The molecular formula is C17H17BrClN3O2S. The van der Waals surface area contributed by atoms with Crippen molar-refractivity contribution in [2.75, 3.05) is 12.4 Å². The number of aryl methyl sites for hydroxylation is 1. The lowest BCUT2D eigenvalue weighted by atomic mass is 10.2. The van der Waals surface area contributed by atoms with Gasteiger partial charge in [0.1, 0.15) is 12.4 Å². The van der Waals surface area contributed by atoms with E-state index in [2.05, 4.69) is 31.2 Å². The third kappa shape index (κ3) is 5.32. The van der Waals surface area contributed by atoms with Crippen LogP contribution >= 0.6 is 39.7 Å². The highest BCUT2D eigenvalue weighted by Gasteiger charge is 2.09. The van der Waals surface area contributed by atoms with Crippen molar-refractivity contribution in [2.24, 2.45) is 0 Å². The van der Waals surface area contributed by atoms with Crippen molar-refractivity contribution in [1.29, 1.82) is 0 Å². The Bertz CT molecular complexity index is 844. The molecule has 3 aromatic rings. The van der Waals surface area contributed by atoms with Gasteiger partial charge in [0.2, 0.25) is 0 Å². The van der Waals surface area contributed by atoms with Crippen molar-refractivity contribution < 1.29 is 9.47 Å². The Balaban J connectivity index is 0.00000225. The Morgan fingerprint density at radius 2 is 2.12 bits per heavy atom. The number of nitrogens with zero attached hydrogens (tertiary/aromatic N) is 2. The topological polar surface area (TPSA) is 56.3 Å². The second-order valence-electron chi connectivity index (χ2n) is 5.06. The van der Waals surface area contributed by atoms with E-state index in [0.717, 1.165) is 26.6 Å². The number of halogens is 2. The van der Waals surface area contributed by atoms with E-state index in [1.54, 1.807) is 13.3 Å². The van der Waals surface area contributed by atoms with Crippen LogP contribution in [-0.4, -0.2) is 17.1 Å². The predicted octanol–water partition coefficient (Wildman–Crippen LogP) is 5.36. The maximum Gasteiger partial charge on any atom is 0.188 e. The Kier molecular flexibility index (Phi) is 7.04. The van der Waals surface area contributed by atoms with Crippen LogP contribution in [0.2, 0.25) is 0 Å². The molecule has 8 heteroatoms.